The number of likely N-dealkylation sites (tertiary alicyclic amines) is 1. The van der Waals surface area contributed by atoms with Crippen LogP contribution in [0.3, 0.4) is 0 Å². The summed E-state index contributed by atoms with van der Waals surface area (Å²) in [7, 11) is -1.89. The maximum atomic E-state index is 11.7. The zero-order valence-corrected chi connectivity index (χ0v) is 10.6. The van der Waals surface area contributed by atoms with Crippen molar-refractivity contribution in [1.29, 1.82) is 0 Å². The Morgan fingerprint density at radius 2 is 1.75 bits per heavy atom. The Balaban J connectivity index is 2.39. The summed E-state index contributed by atoms with van der Waals surface area (Å²) < 4.78 is 24.6. The highest BCUT2D eigenvalue weighted by Crippen LogP contribution is 2.10. The molecular formula is C10H20N2O3S. The Bertz CT molecular complexity index is 319. The number of nitrogens with one attached hydrogen (secondary N) is 1. The Morgan fingerprint density at radius 3 is 2.25 bits per heavy atom. The number of rotatable bonds is 4. The second kappa shape index (κ2) is 6.20. The van der Waals surface area contributed by atoms with Gasteiger partial charge in [0.1, 0.15) is 0 Å². The van der Waals surface area contributed by atoms with Gasteiger partial charge in [-0.2, -0.15) is 0 Å². The maximum absolute atomic E-state index is 11.7. The number of amides is 1. The molecule has 1 N–H and O–H groups in total. The molecule has 0 aromatic rings. The van der Waals surface area contributed by atoms with Gasteiger partial charge in [-0.1, -0.05) is 12.8 Å². The van der Waals surface area contributed by atoms with Crippen LogP contribution in [0.4, 0.5) is 0 Å². The lowest BCUT2D eigenvalue weighted by atomic mass is 10.2. The summed E-state index contributed by atoms with van der Waals surface area (Å²) in [6.45, 7) is 1.55. The van der Waals surface area contributed by atoms with Gasteiger partial charge in [-0.3, -0.25) is 4.79 Å². The molecule has 1 fully saturated rings. The van der Waals surface area contributed by atoms with Gasteiger partial charge in [0, 0.05) is 19.5 Å². The monoisotopic (exact) mass is 248 g/mol. The molecule has 1 saturated heterocycles. The predicted octanol–water partition coefficient (Wildman–Crippen LogP) is 0.328. The fourth-order valence-electron chi connectivity index (χ4n) is 1.80. The third-order valence-electron chi connectivity index (χ3n) is 2.85. The summed E-state index contributed by atoms with van der Waals surface area (Å²) in [5, 5.41) is 0. The molecule has 1 heterocycles. The average molecular weight is 248 g/mol. The highest BCUT2D eigenvalue weighted by atomic mass is 32.2. The molecule has 1 aliphatic rings. The molecule has 5 nitrogen and oxygen atoms in total. The Morgan fingerprint density at radius 1 is 1.19 bits per heavy atom. The average Bonchev–Trinajstić information content (AvgIpc) is 2.54. The maximum Gasteiger partial charge on any atom is 0.223 e. The lowest BCUT2D eigenvalue weighted by Gasteiger charge is -2.20. The summed E-state index contributed by atoms with van der Waals surface area (Å²) >= 11 is 0. The number of carbonyl (C=O) groups excluding carboxylic acids is 1. The zero-order valence-electron chi connectivity index (χ0n) is 9.74. The summed E-state index contributed by atoms with van der Waals surface area (Å²) in [6, 6.07) is 0. The molecule has 0 aromatic carbocycles. The van der Waals surface area contributed by atoms with Crippen LogP contribution in [0.5, 0.6) is 0 Å². The van der Waals surface area contributed by atoms with E-state index < -0.39 is 10.0 Å². The smallest absolute Gasteiger partial charge is 0.223 e. The molecule has 0 aromatic heterocycles. The lowest BCUT2D eigenvalue weighted by Crippen LogP contribution is -2.34. The van der Waals surface area contributed by atoms with Gasteiger partial charge in [-0.25, -0.2) is 13.1 Å². The first-order chi connectivity index (χ1) is 7.55. The van der Waals surface area contributed by atoms with E-state index in [4.69, 9.17) is 0 Å². The highest BCUT2D eigenvalue weighted by molar-refractivity contribution is 7.89. The van der Waals surface area contributed by atoms with E-state index in [1.54, 1.807) is 4.90 Å². The van der Waals surface area contributed by atoms with Gasteiger partial charge in [0.25, 0.3) is 0 Å². The minimum absolute atomic E-state index is 0.0410. The second-order valence-corrected chi connectivity index (χ2v) is 6.11. The predicted molar refractivity (Wildman–Crippen MR) is 62.5 cm³/mol. The Labute approximate surface area is 97.2 Å². The van der Waals surface area contributed by atoms with E-state index in [1.807, 2.05) is 0 Å². The summed E-state index contributed by atoms with van der Waals surface area (Å²) in [6.07, 6.45) is 4.48. The molecule has 16 heavy (non-hydrogen) atoms. The third-order valence-corrected chi connectivity index (χ3v) is 4.22. The van der Waals surface area contributed by atoms with Crippen molar-refractivity contribution in [3.63, 3.8) is 0 Å². The van der Waals surface area contributed by atoms with Gasteiger partial charge in [-0.05, 0) is 19.9 Å². The first kappa shape index (κ1) is 13.4. The van der Waals surface area contributed by atoms with E-state index in [1.165, 1.54) is 19.9 Å². The number of nitrogens with zero attached hydrogens (tertiary/aromatic N) is 1. The van der Waals surface area contributed by atoms with Crippen LogP contribution in [0.25, 0.3) is 0 Å². The molecule has 0 unspecified atom stereocenters. The number of carbonyl (C=O) groups is 1. The van der Waals surface area contributed by atoms with Crippen molar-refractivity contribution in [3.8, 4) is 0 Å². The van der Waals surface area contributed by atoms with E-state index in [2.05, 4.69) is 4.72 Å². The van der Waals surface area contributed by atoms with E-state index in [-0.39, 0.29) is 18.1 Å². The topological polar surface area (TPSA) is 66.5 Å². The molecule has 94 valence electrons. The third kappa shape index (κ3) is 4.49. The van der Waals surface area contributed by atoms with E-state index >= 15 is 0 Å². The number of sulfonamides is 1. The van der Waals surface area contributed by atoms with Crippen LogP contribution < -0.4 is 4.72 Å². The van der Waals surface area contributed by atoms with E-state index in [9.17, 15) is 13.2 Å². The SMILES string of the molecule is CNS(=O)(=O)CCC(=O)N1CCCCCC1. The molecule has 6 heteroatoms. The van der Waals surface area contributed by atoms with Gasteiger partial charge in [0.2, 0.25) is 15.9 Å². The molecular weight excluding hydrogens is 228 g/mol. The minimum atomic E-state index is -3.26. The van der Waals surface area contributed by atoms with E-state index in [0.717, 1.165) is 25.9 Å². The normalized spacial score (nSPS) is 18.2. The van der Waals surface area contributed by atoms with Crippen LogP contribution >= 0.6 is 0 Å². The fourth-order valence-corrected chi connectivity index (χ4v) is 2.45. The van der Waals surface area contributed by atoms with Crippen molar-refractivity contribution in [1.82, 2.24) is 9.62 Å². The first-order valence-corrected chi connectivity index (χ1v) is 7.39. The van der Waals surface area contributed by atoms with Crippen LogP contribution in [-0.4, -0.2) is 45.1 Å². The zero-order chi connectivity index (χ0) is 12.0. The molecule has 0 bridgehead atoms. The largest absolute Gasteiger partial charge is 0.343 e. The van der Waals surface area contributed by atoms with Crippen LogP contribution in [0.15, 0.2) is 0 Å². The molecule has 1 aliphatic heterocycles. The number of hydrogen-bond acceptors (Lipinski definition) is 3. The quantitative estimate of drug-likeness (QED) is 0.779. The minimum Gasteiger partial charge on any atom is -0.343 e. The summed E-state index contributed by atoms with van der Waals surface area (Å²) in [4.78, 5) is 13.5. The van der Waals surface area contributed by atoms with Gasteiger partial charge in [0.15, 0.2) is 0 Å². The van der Waals surface area contributed by atoms with Crippen LogP contribution in [0.1, 0.15) is 32.1 Å². The molecule has 1 rings (SSSR count). The van der Waals surface area contributed by atoms with E-state index in [0.29, 0.717) is 0 Å². The Kier molecular flexibility index (Phi) is 5.21. The molecule has 0 saturated carbocycles. The van der Waals surface area contributed by atoms with Gasteiger partial charge < -0.3 is 4.90 Å². The van der Waals surface area contributed by atoms with Gasteiger partial charge >= 0.3 is 0 Å². The van der Waals surface area contributed by atoms with Crippen molar-refractivity contribution < 1.29 is 13.2 Å². The molecule has 0 radical (unpaired) electrons. The van der Waals surface area contributed by atoms with Crippen LogP contribution in [0, 0.1) is 0 Å². The van der Waals surface area contributed by atoms with Gasteiger partial charge in [-0.15, -0.1) is 0 Å². The van der Waals surface area contributed by atoms with Crippen LogP contribution in [-0.2, 0) is 14.8 Å². The summed E-state index contributed by atoms with van der Waals surface area (Å²) in [5.74, 6) is -0.153. The standard InChI is InChI=1S/C10H20N2O3S/c1-11-16(14,15)9-6-10(13)12-7-4-2-3-5-8-12/h11H,2-9H2,1H3. The number of hydrogen-bond donors (Lipinski definition) is 1. The highest BCUT2D eigenvalue weighted by Gasteiger charge is 2.17. The molecule has 0 spiro atoms. The summed E-state index contributed by atoms with van der Waals surface area (Å²) in [5.41, 5.74) is 0. The van der Waals surface area contributed by atoms with Crippen molar-refractivity contribution in [2.45, 2.75) is 32.1 Å². The fraction of sp³-hybridized carbons (Fsp3) is 0.900. The van der Waals surface area contributed by atoms with Gasteiger partial charge in [0.05, 0.1) is 5.75 Å². The first-order valence-electron chi connectivity index (χ1n) is 5.74. The molecule has 1 amide bonds. The molecule has 0 atom stereocenters. The van der Waals surface area contributed by atoms with Crippen molar-refractivity contribution >= 4 is 15.9 Å². The van der Waals surface area contributed by atoms with Crippen molar-refractivity contribution in [3.05, 3.63) is 0 Å². The molecule has 0 aliphatic carbocycles. The second-order valence-electron chi connectivity index (χ2n) is 4.07. The van der Waals surface area contributed by atoms with Crippen molar-refractivity contribution in [2.24, 2.45) is 0 Å². The lowest BCUT2D eigenvalue weighted by molar-refractivity contribution is -0.130. The van der Waals surface area contributed by atoms with Crippen molar-refractivity contribution in [2.75, 3.05) is 25.9 Å². The Hall–Kier alpha value is -0.620. The van der Waals surface area contributed by atoms with Crippen LogP contribution in [0.2, 0.25) is 0 Å².